The summed E-state index contributed by atoms with van der Waals surface area (Å²) in [6.45, 7) is 0.785. The summed E-state index contributed by atoms with van der Waals surface area (Å²) < 4.78 is 38.0. The summed E-state index contributed by atoms with van der Waals surface area (Å²) in [5.74, 6) is -0.450. The van der Waals surface area contributed by atoms with Crippen molar-refractivity contribution in [3.63, 3.8) is 0 Å². The van der Waals surface area contributed by atoms with Crippen LogP contribution in [-0.4, -0.2) is 29.6 Å². The maximum absolute atomic E-state index is 12.7. The number of alkyl halides is 3. The molecule has 0 spiro atoms. The Morgan fingerprint density at radius 3 is 2.75 bits per heavy atom. The Kier molecular flexibility index (Phi) is 4.70. The summed E-state index contributed by atoms with van der Waals surface area (Å²) >= 11 is 1.35. The first-order chi connectivity index (χ1) is 9.42. The van der Waals surface area contributed by atoms with Crippen LogP contribution in [0.4, 0.5) is 13.2 Å². The monoisotopic (exact) mass is 306 g/mol. The number of carbonyl (C=O) groups is 1. The van der Waals surface area contributed by atoms with Crippen LogP contribution < -0.4 is 5.32 Å². The van der Waals surface area contributed by atoms with Crippen LogP contribution in [0.5, 0.6) is 0 Å². The topological polar surface area (TPSA) is 32.3 Å². The molecule has 0 radical (unpaired) electrons. The summed E-state index contributed by atoms with van der Waals surface area (Å²) in [4.78, 5) is 13.8. The molecule has 0 bridgehead atoms. The lowest BCUT2D eigenvalue weighted by atomic mass is 10.1. The summed E-state index contributed by atoms with van der Waals surface area (Å²) in [6, 6.07) is 3.02. The Bertz CT molecular complexity index is 447. The van der Waals surface area contributed by atoms with Gasteiger partial charge in [-0.2, -0.15) is 13.2 Å². The second-order valence-electron chi connectivity index (χ2n) is 4.86. The number of carbonyl (C=O) groups excluding carboxylic acids is 1. The Hall–Kier alpha value is -1.08. The summed E-state index contributed by atoms with van der Waals surface area (Å²) in [5.41, 5.74) is 0. The van der Waals surface area contributed by atoms with Gasteiger partial charge in [0.15, 0.2) is 0 Å². The molecule has 7 heteroatoms. The molecule has 0 saturated carbocycles. The van der Waals surface area contributed by atoms with E-state index in [2.05, 4.69) is 5.32 Å². The van der Waals surface area contributed by atoms with Gasteiger partial charge in [-0.1, -0.05) is 25.8 Å². The van der Waals surface area contributed by atoms with Crippen LogP contribution in [0.1, 0.15) is 37.2 Å². The summed E-state index contributed by atoms with van der Waals surface area (Å²) in [6.07, 6.45) is -2.74. The lowest BCUT2D eigenvalue weighted by Crippen LogP contribution is -2.38. The molecule has 1 saturated heterocycles. The average Bonchev–Trinajstić information content (AvgIpc) is 2.96. The predicted molar refractivity (Wildman–Crippen MR) is 71.3 cm³/mol. The van der Waals surface area contributed by atoms with Crippen molar-refractivity contribution >= 4 is 17.2 Å². The molecule has 1 aromatic rings. The Balaban J connectivity index is 2.17. The molecule has 3 nitrogen and oxygen atoms in total. The zero-order chi connectivity index (χ0) is 14.8. The zero-order valence-corrected chi connectivity index (χ0v) is 11.9. The highest BCUT2D eigenvalue weighted by Gasteiger charge is 2.44. The molecule has 1 aliphatic heterocycles. The van der Waals surface area contributed by atoms with Crippen molar-refractivity contribution in [2.24, 2.45) is 0 Å². The predicted octanol–water partition coefficient (Wildman–Crippen LogP) is 3.30. The number of rotatable bonds is 5. The van der Waals surface area contributed by atoms with E-state index < -0.39 is 30.8 Å². The first-order valence-corrected chi connectivity index (χ1v) is 7.47. The Morgan fingerprint density at radius 2 is 2.20 bits per heavy atom. The van der Waals surface area contributed by atoms with Gasteiger partial charge in [-0.25, -0.2) is 0 Å². The van der Waals surface area contributed by atoms with Crippen molar-refractivity contribution in [1.29, 1.82) is 0 Å². The fraction of sp³-hybridized carbons (Fsp3) is 0.615. The number of hydrogen-bond acceptors (Lipinski definition) is 3. The molecule has 2 atom stereocenters. The molecule has 1 amide bonds. The minimum Gasteiger partial charge on any atom is -0.312 e. The SMILES string of the molecule is CCCCC1NC(c2cccs2)N(CC(F)(F)F)C1=O. The van der Waals surface area contributed by atoms with Gasteiger partial charge in [0.1, 0.15) is 12.7 Å². The van der Waals surface area contributed by atoms with Gasteiger partial charge in [-0.05, 0) is 17.9 Å². The van der Waals surface area contributed by atoms with Crippen molar-refractivity contribution in [2.75, 3.05) is 6.54 Å². The molecule has 2 heterocycles. The van der Waals surface area contributed by atoms with E-state index in [9.17, 15) is 18.0 Å². The third-order valence-electron chi connectivity index (χ3n) is 3.26. The van der Waals surface area contributed by atoms with Gasteiger partial charge in [-0.15, -0.1) is 11.3 Å². The van der Waals surface area contributed by atoms with Crippen LogP contribution in [0.3, 0.4) is 0 Å². The summed E-state index contributed by atoms with van der Waals surface area (Å²) in [5, 5.41) is 4.84. The van der Waals surface area contributed by atoms with Crippen LogP contribution in [-0.2, 0) is 4.79 Å². The van der Waals surface area contributed by atoms with Gasteiger partial charge in [0.25, 0.3) is 0 Å². The maximum atomic E-state index is 12.7. The normalized spacial score (nSPS) is 23.6. The molecular weight excluding hydrogens is 289 g/mol. The van der Waals surface area contributed by atoms with E-state index in [0.29, 0.717) is 6.42 Å². The van der Waals surface area contributed by atoms with Crippen molar-refractivity contribution in [2.45, 2.75) is 44.6 Å². The smallest absolute Gasteiger partial charge is 0.312 e. The van der Waals surface area contributed by atoms with Gasteiger partial charge < -0.3 is 4.90 Å². The third-order valence-corrected chi connectivity index (χ3v) is 4.19. The van der Waals surface area contributed by atoms with E-state index in [1.54, 1.807) is 17.5 Å². The van der Waals surface area contributed by atoms with Gasteiger partial charge in [0.05, 0.1) is 6.04 Å². The fourth-order valence-electron chi connectivity index (χ4n) is 2.34. The molecular formula is C13H17F3N2OS. The molecule has 20 heavy (non-hydrogen) atoms. The Labute approximate surface area is 119 Å². The van der Waals surface area contributed by atoms with Gasteiger partial charge >= 0.3 is 6.18 Å². The zero-order valence-electron chi connectivity index (χ0n) is 11.1. The first kappa shape index (κ1) is 15.3. The molecule has 1 fully saturated rings. The maximum Gasteiger partial charge on any atom is 0.406 e. The Morgan fingerprint density at radius 1 is 1.45 bits per heavy atom. The van der Waals surface area contributed by atoms with Crippen molar-refractivity contribution in [3.8, 4) is 0 Å². The quantitative estimate of drug-likeness (QED) is 0.905. The second-order valence-corrected chi connectivity index (χ2v) is 5.84. The summed E-state index contributed by atoms with van der Waals surface area (Å²) in [7, 11) is 0. The molecule has 2 unspecified atom stereocenters. The molecule has 0 aromatic carbocycles. The number of nitrogens with zero attached hydrogens (tertiary/aromatic N) is 1. The molecule has 0 aliphatic carbocycles. The highest BCUT2D eigenvalue weighted by molar-refractivity contribution is 7.10. The first-order valence-electron chi connectivity index (χ1n) is 6.59. The van der Waals surface area contributed by atoms with E-state index >= 15 is 0 Å². The number of amides is 1. The molecule has 1 aromatic heterocycles. The molecule has 1 aliphatic rings. The van der Waals surface area contributed by atoms with Crippen LogP contribution in [0.25, 0.3) is 0 Å². The average molecular weight is 306 g/mol. The third kappa shape index (κ3) is 3.52. The largest absolute Gasteiger partial charge is 0.406 e. The highest BCUT2D eigenvalue weighted by Crippen LogP contribution is 2.32. The lowest BCUT2D eigenvalue weighted by molar-refractivity contribution is -0.161. The van der Waals surface area contributed by atoms with E-state index in [-0.39, 0.29) is 0 Å². The number of halogens is 3. The van der Waals surface area contributed by atoms with Crippen LogP contribution >= 0.6 is 11.3 Å². The van der Waals surface area contributed by atoms with E-state index in [0.717, 1.165) is 22.6 Å². The highest BCUT2D eigenvalue weighted by atomic mass is 32.1. The van der Waals surface area contributed by atoms with Crippen LogP contribution in [0.15, 0.2) is 17.5 Å². The number of hydrogen-bond donors (Lipinski definition) is 1. The van der Waals surface area contributed by atoms with Crippen molar-refractivity contribution in [1.82, 2.24) is 10.2 Å². The number of nitrogens with one attached hydrogen (secondary N) is 1. The number of unbranched alkanes of at least 4 members (excludes halogenated alkanes) is 1. The van der Waals surface area contributed by atoms with Gasteiger partial charge in [0, 0.05) is 4.88 Å². The van der Waals surface area contributed by atoms with E-state index in [1.165, 1.54) is 11.3 Å². The number of thiophene rings is 1. The van der Waals surface area contributed by atoms with Gasteiger partial charge in [0.2, 0.25) is 5.91 Å². The second kappa shape index (κ2) is 6.13. The van der Waals surface area contributed by atoms with Crippen molar-refractivity contribution < 1.29 is 18.0 Å². The molecule has 1 N–H and O–H groups in total. The van der Waals surface area contributed by atoms with E-state index in [4.69, 9.17) is 0 Å². The lowest BCUT2D eigenvalue weighted by Gasteiger charge is -2.24. The standard InChI is InChI=1S/C13H17F3N2OS/c1-2-3-5-9-12(19)18(8-13(14,15)16)11(17-9)10-6-4-7-20-10/h4,6-7,9,11,17H,2-3,5,8H2,1H3. The van der Waals surface area contributed by atoms with Crippen molar-refractivity contribution in [3.05, 3.63) is 22.4 Å². The van der Waals surface area contributed by atoms with Crippen LogP contribution in [0.2, 0.25) is 0 Å². The van der Waals surface area contributed by atoms with Gasteiger partial charge in [-0.3, -0.25) is 10.1 Å². The fourth-order valence-corrected chi connectivity index (χ4v) is 3.13. The molecule has 112 valence electrons. The van der Waals surface area contributed by atoms with E-state index in [1.807, 2.05) is 6.92 Å². The van der Waals surface area contributed by atoms with Crippen LogP contribution in [0, 0.1) is 0 Å². The molecule has 2 rings (SSSR count). The minimum absolute atomic E-state index is 0.450. The minimum atomic E-state index is -4.38.